The van der Waals surface area contributed by atoms with Crippen LogP contribution in [0.15, 0.2) is 47.4 Å². The van der Waals surface area contributed by atoms with Crippen molar-refractivity contribution in [3.8, 4) is 0 Å². The van der Waals surface area contributed by atoms with Crippen molar-refractivity contribution in [2.45, 2.75) is 10.6 Å². The highest BCUT2D eigenvalue weighted by Crippen LogP contribution is 2.20. The third-order valence-corrected chi connectivity index (χ3v) is 4.55. The molecule has 0 heterocycles. The summed E-state index contributed by atoms with van der Waals surface area (Å²) < 4.78 is 37.5. The lowest BCUT2D eigenvalue weighted by Gasteiger charge is -2.06. The minimum absolute atomic E-state index is 0.00681. The number of hydrogen-bond donors (Lipinski definition) is 1. The van der Waals surface area contributed by atoms with Gasteiger partial charge in [-0.2, -0.15) is 0 Å². The van der Waals surface area contributed by atoms with Crippen LogP contribution in [0.2, 0.25) is 5.02 Å². The van der Waals surface area contributed by atoms with Crippen LogP contribution in [0.3, 0.4) is 0 Å². The molecule has 0 radical (unpaired) electrons. The summed E-state index contributed by atoms with van der Waals surface area (Å²) in [5, 5.41) is 0.456. The Labute approximate surface area is 115 Å². The highest BCUT2D eigenvalue weighted by molar-refractivity contribution is 7.90. The SMILES string of the molecule is Nc1ccc(CS(=O)(=O)c2ccc(Cl)cc2)cc1F. The Morgan fingerprint density at radius 2 is 1.74 bits per heavy atom. The second-order valence-electron chi connectivity index (χ2n) is 4.07. The molecule has 0 aliphatic heterocycles. The first kappa shape index (κ1) is 13.8. The maximum absolute atomic E-state index is 13.3. The molecule has 19 heavy (non-hydrogen) atoms. The number of benzene rings is 2. The van der Waals surface area contributed by atoms with Gasteiger partial charge in [0.2, 0.25) is 0 Å². The van der Waals surface area contributed by atoms with Crippen LogP contribution >= 0.6 is 11.6 Å². The van der Waals surface area contributed by atoms with E-state index in [2.05, 4.69) is 0 Å². The molecule has 0 amide bonds. The zero-order chi connectivity index (χ0) is 14.0. The van der Waals surface area contributed by atoms with Crippen LogP contribution < -0.4 is 5.73 Å². The second-order valence-corrected chi connectivity index (χ2v) is 6.49. The van der Waals surface area contributed by atoms with Crippen molar-refractivity contribution in [3.05, 3.63) is 58.9 Å². The molecule has 0 saturated carbocycles. The van der Waals surface area contributed by atoms with E-state index in [4.69, 9.17) is 17.3 Å². The van der Waals surface area contributed by atoms with Gasteiger partial charge in [0, 0.05) is 5.02 Å². The third-order valence-electron chi connectivity index (χ3n) is 2.59. The van der Waals surface area contributed by atoms with Crippen LogP contribution in [-0.2, 0) is 15.6 Å². The summed E-state index contributed by atoms with van der Waals surface area (Å²) >= 11 is 5.70. The average Bonchev–Trinajstić information content (AvgIpc) is 2.34. The van der Waals surface area contributed by atoms with Gasteiger partial charge >= 0.3 is 0 Å². The Kier molecular flexibility index (Phi) is 3.78. The lowest BCUT2D eigenvalue weighted by molar-refractivity contribution is 0.594. The first-order valence-corrected chi connectivity index (χ1v) is 7.44. The van der Waals surface area contributed by atoms with Gasteiger partial charge in [0.05, 0.1) is 16.3 Å². The van der Waals surface area contributed by atoms with Gasteiger partial charge in [0.25, 0.3) is 0 Å². The van der Waals surface area contributed by atoms with E-state index in [0.29, 0.717) is 10.6 Å². The molecule has 0 atom stereocenters. The molecule has 0 saturated heterocycles. The van der Waals surface area contributed by atoms with E-state index in [-0.39, 0.29) is 16.3 Å². The molecule has 0 aliphatic rings. The highest BCUT2D eigenvalue weighted by Gasteiger charge is 2.16. The lowest BCUT2D eigenvalue weighted by atomic mass is 10.2. The molecule has 100 valence electrons. The van der Waals surface area contributed by atoms with Crippen LogP contribution in [0.4, 0.5) is 10.1 Å². The van der Waals surface area contributed by atoms with Crippen LogP contribution in [0, 0.1) is 5.82 Å². The van der Waals surface area contributed by atoms with Gasteiger partial charge in [-0.05, 0) is 42.0 Å². The molecule has 2 N–H and O–H groups in total. The van der Waals surface area contributed by atoms with Gasteiger partial charge in [0.1, 0.15) is 5.82 Å². The summed E-state index contributed by atoms with van der Waals surface area (Å²) in [6.07, 6.45) is 0. The molecular weight excluding hydrogens is 289 g/mol. The van der Waals surface area contributed by atoms with Crippen molar-refractivity contribution in [2.75, 3.05) is 5.73 Å². The quantitative estimate of drug-likeness (QED) is 0.886. The second kappa shape index (κ2) is 5.19. The van der Waals surface area contributed by atoms with Crippen molar-refractivity contribution in [1.82, 2.24) is 0 Å². The van der Waals surface area contributed by atoms with Gasteiger partial charge in [-0.15, -0.1) is 0 Å². The summed E-state index contributed by atoms with van der Waals surface area (Å²) in [5.74, 6) is -0.907. The van der Waals surface area contributed by atoms with E-state index in [1.54, 1.807) is 0 Å². The van der Waals surface area contributed by atoms with E-state index in [0.717, 1.165) is 6.07 Å². The smallest absolute Gasteiger partial charge is 0.182 e. The summed E-state index contributed by atoms with van der Waals surface area (Å²) in [7, 11) is -3.53. The van der Waals surface area contributed by atoms with E-state index in [1.165, 1.54) is 36.4 Å². The predicted octanol–water partition coefficient (Wildman–Crippen LogP) is 3.04. The van der Waals surface area contributed by atoms with Gasteiger partial charge in [-0.1, -0.05) is 17.7 Å². The number of anilines is 1. The lowest BCUT2D eigenvalue weighted by Crippen LogP contribution is -2.05. The van der Waals surface area contributed by atoms with E-state index in [9.17, 15) is 12.8 Å². The number of nitrogens with two attached hydrogens (primary N) is 1. The van der Waals surface area contributed by atoms with E-state index < -0.39 is 15.7 Å². The van der Waals surface area contributed by atoms with Gasteiger partial charge < -0.3 is 5.73 Å². The molecule has 0 fully saturated rings. The maximum Gasteiger partial charge on any atom is 0.182 e. The summed E-state index contributed by atoms with van der Waals surface area (Å²) in [6, 6.07) is 9.81. The Balaban J connectivity index is 2.30. The summed E-state index contributed by atoms with van der Waals surface area (Å²) in [4.78, 5) is 0.147. The van der Waals surface area contributed by atoms with Crippen LogP contribution in [-0.4, -0.2) is 8.42 Å². The standard InChI is InChI=1S/C13H11ClFNO2S/c14-10-2-4-11(5-3-10)19(17,18)8-9-1-6-13(16)12(15)7-9/h1-7H,8,16H2. The minimum atomic E-state index is -3.53. The fourth-order valence-electron chi connectivity index (χ4n) is 1.61. The van der Waals surface area contributed by atoms with Gasteiger partial charge in [-0.25, -0.2) is 12.8 Å². The maximum atomic E-state index is 13.3. The summed E-state index contributed by atoms with van der Waals surface area (Å²) in [6.45, 7) is 0. The van der Waals surface area contributed by atoms with Crippen molar-refractivity contribution in [2.24, 2.45) is 0 Å². The topological polar surface area (TPSA) is 60.2 Å². The molecule has 2 aromatic carbocycles. The highest BCUT2D eigenvalue weighted by atomic mass is 35.5. The number of hydrogen-bond acceptors (Lipinski definition) is 3. The number of nitrogen functional groups attached to an aromatic ring is 1. The Morgan fingerprint density at radius 3 is 2.32 bits per heavy atom. The monoisotopic (exact) mass is 299 g/mol. The number of sulfone groups is 1. The molecule has 0 bridgehead atoms. The van der Waals surface area contributed by atoms with Crippen LogP contribution in [0.5, 0.6) is 0 Å². The largest absolute Gasteiger partial charge is 0.396 e. The van der Waals surface area contributed by atoms with Gasteiger partial charge in [0.15, 0.2) is 9.84 Å². The third kappa shape index (κ3) is 3.24. The van der Waals surface area contributed by atoms with Crippen LogP contribution in [0.25, 0.3) is 0 Å². The van der Waals surface area contributed by atoms with E-state index in [1.807, 2.05) is 0 Å². The Morgan fingerprint density at radius 1 is 1.11 bits per heavy atom. The number of halogens is 2. The molecule has 0 unspecified atom stereocenters. The average molecular weight is 300 g/mol. The first-order chi connectivity index (χ1) is 8.88. The zero-order valence-electron chi connectivity index (χ0n) is 9.81. The van der Waals surface area contributed by atoms with Crippen molar-refractivity contribution in [3.63, 3.8) is 0 Å². The van der Waals surface area contributed by atoms with Gasteiger partial charge in [-0.3, -0.25) is 0 Å². The molecule has 0 spiro atoms. The van der Waals surface area contributed by atoms with Crippen molar-refractivity contribution in [1.29, 1.82) is 0 Å². The predicted molar refractivity (Wildman–Crippen MR) is 73.2 cm³/mol. The molecule has 2 aromatic rings. The zero-order valence-corrected chi connectivity index (χ0v) is 11.4. The van der Waals surface area contributed by atoms with Crippen LogP contribution in [0.1, 0.15) is 5.56 Å². The molecule has 2 rings (SSSR count). The summed E-state index contributed by atoms with van der Waals surface area (Å²) in [5.41, 5.74) is 5.68. The van der Waals surface area contributed by atoms with Crippen molar-refractivity contribution < 1.29 is 12.8 Å². The molecule has 0 aromatic heterocycles. The Bertz CT molecular complexity index is 699. The first-order valence-electron chi connectivity index (χ1n) is 5.41. The minimum Gasteiger partial charge on any atom is -0.396 e. The molecule has 3 nitrogen and oxygen atoms in total. The number of rotatable bonds is 3. The molecule has 6 heteroatoms. The van der Waals surface area contributed by atoms with Crippen molar-refractivity contribution >= 4 is 27.1 Å². The fourth-order valence-corrected chi connectivity index (χ4v) is 3.07. The normalized spacial score (nSPS) is 11.5. The molecular formula is C13H11ClFNO2S. The fraction of sp³-hybridized carbons (Fsp3) is 0.0769. The molecule has 0 aliphatic carbocycles. The Hall–Kier alpha value is -1.59. The van der Waals surface area contributed by atoms with E-state index >= 15 is 0 Å².